The van der Waals surface area contributed by atoms with E-state index < -0.39 is 0 Å². The van der Waals surface area contributed by atoms with Gasteiger partial charge in [0.05, 0.1) is 4.34 Å². The number of nitrogens with zero attached hydrogens (tertiary/aromatic N) is 1. The molecule has 16 heavy (non-hydrogen) atoms. The molecule has 2 nitrogen and oxygen atoms in total. The van der Waals surface area contributed by atoms with Gasteiger partial charge in [0.2, 0.25) is 0 Å². The van der Waals surface area contributed by atoms with Gasteiger partial charge in [-0.15, -0.1) is 11.3 Å². The molecule has 0 aliphatic heterocycles. The van der Waals surface area contributed by atoms with Crippen LogP contribution in [0.5, 0.6) is 0 Å². The Hall–Kier alpha value is -0.0900. The molecule has 0 spiro atoms. The summed E-state index contributed by atoms with van der Waals surface area (Å²) in [5.74, 6) is 0. The number of halogens is 1. The molecule has 2 N–H and O–H groups in total. The lowest BCUT2D eigenvalue weighted by Crippen LogP contribution is -2.29. The Morgan fingerprint density at radius 3 is 2.62 bits per heavy atom. The average Bonchev–Trinajstić information content (AvgIpc) is 2.61. The normalized spacial score (nSPS) is 12.4. The Balaban J connectivity index is 2.34. The molecule has 0 fully saturated rings. The highest BCUT2D eigenvalue weighted by Crippen LogP contribution is 2.23. The number of nitrogens with two attached hydrogens (primary N) is 1. The third kappa shape index (κ3) is 4.83. The first kappa shape index (κ1) is 14.0. The third-order valence-electron chi connectivity index (χ3n) is 2.78. The molecule has 0 atom stereocenters. The Labute approximate surface area is 107 Å². The smallest absolute Gasteiger partial charge is 0.0931 e. The standard InChI is InChI=1S/C12H21ClN2S/c1-12(2,9-14)6-7-15(3)8-10-4-5-11(13)16-10/h4-5H,6-9,14H2,1-3H3. The monoisotopic (exact) mass is 260 g/mol. The molecule has 4 heteroatoms. The van der Waals surface area contributed by atoms with Crippen molar-refractivity contribution in [3.63, 3.8) is 0 Å². The maximum atomic E-state index is 5.90. The largest absolute Gasteiger partial charge is 0.330 e. The van der Waals surface area contributed by atoms with Crippen molar-refractivity contribution in [2.75, 3.05) is 20.1 Å². The quantitative estimate of drug-likeness (QED) is 0.851. The predicted molar refractivity (Wildman–Crippen MR) is 73.1 cm³/mol. The van der Waals surface area contributed by atoms with Crippen LogP contribution in [0, 0.1) is 5.41 Å². The zero-order valence-electron chi connectivity index (χ0n) is 10.3. The minimum atomic E-state index is 0.237. The zero-order chi connectivity index (χ0) is 12.2. The van der Waals surface area contributed by atoms with Crippen LogP contribution < -0.4 is 5.73 Å². The van der Waals surface area contributed by atoms with Gasteiger partial charge in [-0.3, -0.25) is 0 Å². The highest BCUT2D eigenvalue weighted by atomic mass is 35.5. The first-order valence-corrected chi connectivity index (χ1v) is 6.75. The van der Waals surface area contributed by atoms with E-state index in [2.05, 4.69) is 31.9 Å². The second kappa shape index (κ2) is 6.01. The van der Waals surface area contributed by atoms with E-state index in [9.17, 15) is 0 Å². The fourth-order valence-corrected chi connectivity index (χ4v) is 2.55. The van der Waals surface area contributed by atoms with Crippen LogP contribution in [0.1, 0.15) is 25.1 Å². The van der Waals surface area contributed by atoms with Crippen LogP contribution in [0.15, 0.2) is 12.1 Å². The molecule has 1 aromatic rings. The van der Waals surface area contributed by atoms with Crippen LogP contribution in [-0.4, -0.2) is 25.0 Å². The van der Waals surface area contributed by atoms with Crippen LogP contribution in [0.25, 0.3) is 0 Å². The van der Waals surface area contributed by atoms with Crippen molar-refractivity contribution < 1.29 is 0 Å². The highest BCUT2D eigenvalue weighted by molar-refractivity contribution is 7.16. The first-order valence-electron chi connectivity index (χ1n) is 5.56. The maximum Gasteiger partial charge on any atom is 0.0931 e. The van der Waals surface area contributed by atoms with Gasteiger partial charge in [0.1, 0.15) is 0 Å². The Morgan fingerprint density at radius 2 is 2.12 bits per heavy atom. The van der Waals surface area contributed by atoms with Crippen molar-refractivity contribution >= 4 is 22.9 Å². The average molecular weight is 261 g/mol. The van der Waals surface area contributed by atoms with Gasteiger partial charge in [-0.2, -0.15) is 0 Å². The van der Waals surface area contributed by atoms with Gasteiger partial charge < -0.3 is 10.6 Å². The molecule has 0 saturated heterocycles. The van der Waals surface area contributed by atoms with Gasteiger partial charge in [0.25, 0.3) is 0 Å². The summed E-state index contributed by atoms with van der Waals surface area (Å²) in [4.78, 5) is 3.64. The molecule has 0 amide bonds. The molecule has 0 aliphatic carbocycles. The van der Waals surface area contributed by atoms with E-state index in [1.54, 1.807) is 11.3 Å². The van der Waals surface area contributed by atoms with E-state index in [4.69, 9.17) is 17.3 Å². The zero-order valence-corrected chi connectivity index (χ0v) is 11.9. The lowest BCUT2D eigenvalue weighted by Gasteiger charge is -2.25. The molecule has 92 valence electrons. The van der Waals surface area contributed by atoms with Crippen molar-refractivity contribution in [1.82, 2.24) is 4.90 Å². The maximum absolute atomic E-state index is 5.90. The van der Waals surface area contributed by atoms with Crippen LogP contribution in [0.2, 0.25) is 4.34 Å². The molecule has 0 aliphatic rings. The van der Waals surface area contributed by atoms with Crippen molar-refractivity contribution in [2.45, 2.75) is 26.8 Å². The van der Waals surface area contributed by atoms with Crippen LogP contribution in [-0.2, 0) is 6.54 Å². The van der Waals surface area contributed by atoms with Gasteiger partial charge in [0, 0.05) is 11.4 Å². The lowest BCUT2D eigenvalue weighted by molar-refractivity contribution is 0.250. The minimum Gasteiger partial charge on any atom is -0.330 e. The highest BCUT2D eigenvalue weighted by Gasteiger charge is 2.16. The second-order valence-corrected chi connectivity index (χ2v) is 6.86. The van der Waals surface area contributed by atoms with Gasteiger partial charge in [-0.1, -0.05) is 25.4 Å². The molecule has 0 bridgehead atoms. The van der Waals surface area contributed by atoms with E-state index in [-0.39, 0.29) is 5.41 Å². The van der Waals surface area contributed by atoms with Gasteiger partial charge >= 0.3 is 0 Å². The molecular formula is C12H21ClN2S. The van der Waals surface area contributed by atoms with Crippen LogP contribution in [0.3, 0.4) is 0 Å². The lowest BCUT2D eigenvalue weighted by atomic mass is 9.89. The predicted octanol–water partition coefficient (Wildman–Crippen LogP) is 3.21. The van der Waals surface area contributed by atoms with E-state index in [0.29, 0.717) is 0 Å². The second-order valence-electron chi connectivity index (χ2n) is 5.06. The molecular weight excluding hydrogens is 240 g/mol. The number of hydrogen-bond acceptors (Lipinski definition) is 3. The summed E-state index contributed by atoms with van der Waals surface area (Å²) in [6.07, 6.45) is 1.12. The van der Waals surface area contributed by atoms with E-state index >= 15 is 0 Å². The van der Waals surface area contributed by atoms with Crippen molar-refractivity contribution in [1.29, 1.82) is 0 Å². The fourth-order valence-electron chi connectivity index (χ4n) is 1.38. The third-order valence-corrected chi connectivity index (χ3v) is 3.99. The minimum absolute atomic E-state index is 0.237. The summed E-state index contributed by atoms with van der Waals surface area (Å²) in [5.41, 5.74) is 5.95. The Morgan fingerprint density at radius 1 is 1.44 bits per heavy atom. The van der Waals surface area contributed by atoms with E-state index in [1.807, 2.05) is 6.07 Å². The fraction of sp³-hybridized carbons (Fsp3) is 0.667. The number of hydrogen-bond donors (Lipinski definition) is 1. The summed E-state index contributed by atoms with van der Waals surface area (Å²) < 4.78 is 0.866. The van der Waals surface area contributed by atoms with Gasteiger partial charge in [-0.25, -0.2) is 0 Å². The van der Waals surface area contributed by atoms with E-state index in [1.165, 1.54) is 4.88 Å². The molecule has 0 radical (unpaired) electrons. The molecule has 0 saturated carbocycles. The molecule has 1 rings (SSSR count). The topological polar surface area (TPSA) is 29.3 Å². The molecule has 0 aromatic carbocycles. The number of rotatable bonds is 6. The summed E-state index contributed by atoms with van der Waals surface area (Å²) in [7, 11) is 2.14. The molecule has 1 heterocycles. The first-order chi connectivity index (χ1) is 7.43. The van der Waals surface area contributed by atoms with Crippen molar-refractivity contribution in [2.24, 2.45) is 11.1 Å². The molecule has 1 aromatic heterocycles. The summed E-state index contributed by atoms with van der Waals surface area (Å²) in [6, 6.07) is 4.05. The summed E-state index contributed by atoms with van der Waals surface area (Å²) >= 11 is 7.55. The summed E-state index contributed by atoms with van der Waals surface area (Å²) in [5, 5.41) is 0. The van der Waals surface area contributed by atoms with Crippen LogP contribution in [0.4, 0.5) is 0 Å². The van der Waals surface area contributed by atoms with Crippen molar-refractivity contribution in [3.05, 3.63) is 21.3 Å². The Bertz CT molecular complexity index is 323. The SMILES string of the molecule is CN(CCC(C)(C)CN)Cc1ccc(Cl)s1. The van der Waals surface area contributed by atoms with Crippen molar-refractivity contribution in [3.8, 4) is 0 Å². The van der Waals surface area contributed by atoms with Gasteiger partial charge in [0.15, 0.2) is 0 Å². The number of thiophene rings is 1. The summed E-state index contributed by atoms with van der Waals surface area (Å²) in [6.45, 7) is 7.20. The van der Waals surface area contributed by atoms with Gasteiger partial charge in [-0.05, 0) is 44.1 Å². The Kier molecular flexibility index (Phi) is 5.25. The molecule has 0 unspecified atom stereocenters. The van der Waals surface area contributed by atoms with E-state index in [0.717, 1.165) is 30.4 Å². The van der Waals surface area contributed by atoms with Crippen LogP contribution >= 0.6 is 22.9 Å².